The highest BCUT2D eigenvalue weighted by atomic mass is 32.2. The molecule has 1 unspecified atom stereocenters. The van der Waals surface area contributed by atoms with Gasteiger partial charge in [-0.25, -0.2) is 0 Å². The molecule has 1 aromatic carbocycles. The molecule has 1 saturated heterocycles. The van der Waals surface area contributed by atoms with Crippen LogP contribution in [0.25, 0.3) is 0 Å². The minimum Gasteiger partial charge on any atom is -0.389 e. The van der Waals surface area contributed by atoms with Gasteiger partial charge in [0.05, 0.1) is 0 Å². The number of nitrogens with two attached hydrogens (primary N) is 1. The fraction of sp³-hybridized carbons (Fsp3) is 0.562. The smallest absolute Gasteiger partial charge is 0.107 e. The van der Waals surface area contributed by atoms with Gasteiger partial charge in [0.1, 0.15) is 4.99 Å². The predicted octanol–water partition coefficient (Wildman–Crippen LogP) is 3.33. The number of anilines is 1. The van der Waals surface area contributed by atoms with Crippen LogP contribution in [-0.2, 0) is 0 Å². The van der Waals surface area contributed by atoms with Crippen LogP contribution in [0.2, 0.25) is 0 Å². The summed E-state index contributed by atoms with van der Waals surface area (Å²) in [5.74, 6) is 0. The Bertz CT molecular complexity index is 484. The van der Waals surface area contributed by atoms with E-state index in [1.54, 1.807) is 11.8 Å². The highest BCUT2D eigenvalue weighted by Gasteiger charge is 2.17. The van der Waals surface area contributed by atoms with Gasteiger partial charge in [-0.15, -0.1) is 11.8 Å². The molecule has 3 nitrogen and oxygen atoms in total. The van der Waals surface area contributed by atoms with Gasteiger partial charge in [0.2, 0.25) is 0 Å². The van der Waals surface area contributed by atoms with Gasteiger partial charge in [0.25, 0.3) is 0 Å². The van der Waals surface area contributed by atoms with E-state index in [-0.39, 0.29) is 0 Å². The Morgan fingerprint density at radius 1 is 1.38 bits per heavy atom. The normalized spacial score (nSPS) is 17.4. The number of rotatable bonds is 6. The number of likely N-dealkylation sites (tertiary alicyclic amines) is 1. The molecule has 0 aliphatic carbocycles. The Labute approximate surface area is 137 Å². The van der Waals surface area contributed by atoms with Gasteiger partial charge in [-0.05, 0) is 51.2 Å². The van der Waals surface area contributed by atoms with Gasteiger partial charge in [-0.2, -0.15) is 0 Å². The summed E-state index contributed by atoms with van der Waals surface area (Å²) in [7, 11) is 0. The van der Waals surface area contributed by atoms with Crippen molar-refractivity contribution in [3.63, 3.8) is 0 Å². The maximum Gasteiger partial charge on any atom is 0.107 e. The van der Waals surface area contributed by atoms with Gasteiger partial charge in [-0.1, -0.05) is 24.7 Å². The Hall–Kier alpha value is -0.780. The highest BCUT2D eigenvalue weighted by Crippen LogP contribution is 2.27. The molecule has 1 aromatic rings. The second-order valence-electron chi connectivity index (χ2n) is 5.57. The van der Waals surface area contributed by atoms with E-state index in [1.807, 2.05) is 0 Å². The summed E-state index contributed by atoms with van der Waals surface area (Å²) < 4.78 is 0. The van der Waals surface area contributed by atoms with Crippen LogP contribution in [0.4, 0.5) is 5.69 Å². The van der Waals surface area contributed by atoms with E-state index in [4.69, 9.17) is 18.0 Å². The molecule has 116 valence electrons. The number of hydrogen-bond acceptors (Lipinski definition) is 4. The maximum atomic E-state index is 5.91. The lowest BCUT2D eigenvalue weighted by Gasteiger charge is -2.32. The SMILES string of the molecule is CSc1cccc(NCC(C)N2CCCCC2)c1C(N)=S. The van der Waals surface area contributed by atoms with E-state index in [0.717, 1.165) is 22.7 Å². The number of benzene rings is 1. The first-order valence-corrected chi connectivity index (χ1v) is 9.21. The van der Waals surface area contributed by atoms with Crippen molar-refractivity contribution in [2.24, 2.45) is 5.73 Å². The standard InChI is InChI=1S/C16H25N3S2/c1-12(19-9-4-3-5-10-19)11-18-13-7-6-8-14(21-2)15(13)16(17)20/h6-8,12,18H,3-5,9-11H2,1-2H3,(H2,17,20). The van der Waals surface area contributed by atoms with Crippen molar-refractivity contribution in [2.75, 3.05) is 31.2 Å². The number of nitrogens with zero attached hydrogens (tertiary/aromatic N) is 1. The van der Waals surface area contributed by atoms with Crippen molar-refractivity contribution in [3.8, 4) is 0 Å². The van der Waals surface area contributed by atoms with Crippen LogP contribution in [0.5, 0.6) is 0 Å². The minimum absolute atomic E-state index is 0.466. The summed E-state index contributed by atoms with van der Waals surface area (Å²) >= 11 is 6.90. The van der Waals surface area contributed by atoms with Crippen molar-refractivity contribution in [1.82, 2.24) is 4.90 Å². The van der Waals surface area contributed by atoms with E-state index < -0.39 is 0 Å². The molecule has 1 aliphatic rings. The Balaban J connectivity index is 2.03. The predicted molar refractivity (Wildman–Crippen MR) is 97.5 cm³/mol. The Kier molecular flexibility index (Phi) is 6.33. The lowest BCUT2D eigenvalue weighted by molar-refractivity contribution is 0.180. The molecule has 0 spiro atoms. The third-order valence-corrected chi connectivity index (χ3v) is 5.08. The average Bonchev–Trinajstić information content (AvgIpc) is 2.52. The van der Waals surface area contributed by atoms with Gasteiger partial charge < -0.3 is 11.1 Å². The zero-order valence-corrected chi connectivity index (χ0v) is 14.5. The van der Waals surface area contributed by atoms with Crippen molar-refractivity contribution in [1.29, 1.82) is 0 Å². The largest absolute Gasteiger partial charge is 0.389 e. The van der Waals surface area contributed by atoms with Gasteiger partial charge in [-0.3, -0.25) is 4.90 Å². The molecule has 5 heteroatoms. The molecule has 0 saturated carbocycles. The fourth-order valence-corrected chi connectivity index (χ4v) is 3.77. The average molecular weight is 324 g/mol. The van der Waals surface area contributed by atoms with Crippen LogP contribution in [-0.4, -0.2) is 41.8 Å². The fourth-order valence-electron chi connectivity index (χ4n) is 2.85. The molecular formula is C16H25N3S2. The molecule has 0 amide bonds. The lowest BCUT2D eigenvalue weighted by Crippen LogP contribution is -2.41. The number of nitrogens with one attached hydrogen (secondary N) is 1. The van der Waals surface area contributed by atoms with Crippen LogP contribution >= 0.6 is 24.0 Å². The van der Waals surface area contributed by atoms with E-state index in [9.17, 15) is 0 Å². The third-order valence-electron chi connectivity index (χ3n) is 4.09. The summed E-state index contributed by atoms with van der Waals surface area (Å²) in [6.07, 6.45) is 6.07. The monoisotopic (exact) mass is 323 g/mol. The molecule has 2 rings (SSSR count). The topological polar surface area (TPSA) is 41.3 Å². The zero-order chi connectivity index (χ0) is 15.2. The molecule has 21 heavy (non-hydrogen) atoms. The van der Waals surface area contributed by atoms with Gasteiger partial charge in [0.15, 0.2) is 0 Å². The summed E-state index contributed by atoms with van der Waals surface area (Å²) in [5, 5.41) is 3.54. The summed E-state index contributed by atoms with van der Waals surface area (Å²) in [6.45, 7) is 5.65. The van der Waals surface area contributed by atoms with Crippen molar-refractivity contribution >= 4 is 34.7 Å². The van der Waals surface area contributed by atoms with E-state index in [0.29, 0.717) is 11.0 Å². The van der Waals surface area contributed by atoms with Crippen molar-refractivity contribution in [3.05, 3.63) is 23.8 Å². The van der Waals surface area contributed by atoms with Crippen LogP contribution in [0.1, 0.15) is 31.7 Å². The van der Waals surface area contributed by atoms with Crippen LogP contribution in [0.15, 0.2) is 23.1 Å². The zero-order valence-electron chi connectivity index (χ0n) is 12.9. The van der Waals surface area contributed by atoms with E-state index >= 15 is 0 Å². The number of thioether (sulfide) groups is 1. The maximum absolute atomic E-state index is 5.91. The quantitative estimate of drug-likeness (QED) is 0.621. The second-order valence-corrected chi connectivity index (χ2v) is 6.86. The Morgan fingerprint density at radius 3 is 2.71 bits per heavy atom. The van der Waals surface area contributed by atoms with Crippen molar-refractivity contribution < 1.29 is 0 Å². The highest BCUT2D eigenvalue weighted by molar-refractivity contribution is 7.98. The molecule has 1 fully saturated rings. The first-order chi connectivity index (χ1) is 10.1. The molecule has 1 atom stereocenters. The molecule has 0 bridgehead atoms. The summed E-state index contributed by atoms with van der Waals surface area (Å²) in [6, 6.07) is 6.72. The molecule has 1 aliphatic heterocycles. The number of piperidine rings is 1. The first kappa shape index (κ1) is 16.6. The summed E-state index contributed by atoms with van der Waals surface area (Å²) in [5.41, 5.74) is 7.94. The summed E-state index contributed by atoms with van der Waals surface area (Å²) in [4.78, 5) is 4.17. The lowest BCUT2D eigenvalue weighted by atomic mass is 10.1. The molecule has 0 aromatic heterocycles. The van der Waals surface area contributed by atoms with Crippen LogP contribution in [0, 0.1) is 0 Å². The van der Waals surface area contributed by atoms with Crippen LogP contribution in [0.3, 0.4) is 0 Å². The van der Waals surface area contributed by atoms with E-state index in [1.165, 1.54) is 32.4 Å². The second kappa shape index (κ2) is 8.01. The van der Waals surface area contributed by atoms with Crippen molar-refractivity contribution in [2.45, 2.75) is 37.1 Å². The Morgan fingerprint density at radius 2 is 2.10 bits per heavy atom. The molecule has 1 heterocycles. The molecule has 0 radical (unpaired) electrons. The van der Waals surface area contributed by atoms with Gasteiger partial charge in [0, 0.05) is 28.7 Å². The third kappa shape index (κ3) is 4.34. The van der Waals surface area contributed by atoms with Crippen LogP contribution < -0.4 is 11.1 Å². The molecular weight excluding hydrogens is 298 g/mol. The number of thiocarbonyl (C=S) groups is 1. The van der Waals surface area contributed by atoms with Gasteiger partial charge >= 0.3 is 0 Å². The minimum atomic E-state index is 0.466. The number of hydrogen-bond donors (Lipinski definition) is 2. The first-order valence-electron chi connectivity index (χ1n) is 7.58. The molecule has 3 N–H and O–H groups in total. The van der Waals surface area contributed by atoms with E-state index in [2.05, 4.69) is 41.6 Å².